The van der Waals surface area contributed by atoms with E-state index in [4.69, 9.17) is 0 Å². The van der Waals surface area contributed by atoms with Crippen LogP contribution in [0.1, 0.15) is 24.7 Å². The quantitative estimate of drug-likeness (QED) is 0.842. The number of aryl methyl sites for hydroxylation is 1. The van der Waals surface area contributed by atoms with Crippen LogP contribution in [0.3, 0.4) is 0 Å². The maximum Gasteiger partial charge on any atom is 0.123 e. The van der Waals surface area contributed by atoms with Gasteiger partial charge in [-0.15, -0.1) is 0 Å². The SMILES string of the molecule is CCCNC(Cc1ccc(F)cc1)Cc1nccn1C. The van der Waals surface area contributed by atoms with Crippen molar-refractivity contribution in [2.45, 2.75) is 32.2 Å². The minimum Gasteiger partial charge on any atom is -0.338 e. The zero-order valence-electron chi connectivity index (χ0n) is 12.1. The molecule has 0 amide bonds. The molecule has 0 spiro atoms. The fraction of sp³-hybridized carbons (Fsp3) is 0.438. The molecule has 3 nitrogen and oxygen atoms in total. The van der Waals surface area contributed by atoms with Crippen molar-refractivity contribution in [1.82, 2.24) is 14.9 Å². The molecule has 0 saturated heterocycles. The summed E-state index contributed by atoms with van der Waals surface area (Å²) in [5.41, 5.74) is 1.15. The fourth-order valence-electron chi connectivity index (χ4n) is 2.28. The van der Waals surface area contributed by atoms with Crippen LogP contribution in [-0.2, 0) is 19.9 Å². The maximum atomic E-state index is 13.0. The van der Waals surface area contributed by atoms with Crippen molar-refractivity contribution in [1.29, 1.82) is 0 Å². The fourth-order valence-corrected chi connectivity index (χ4v) is 2.28. The molecule has 1 atom stereocenters. The Hall–Kier alpha value is -1.68. The largest absolute Gasteiger partial charge is 0.338 e. The first-order valence-corrected chi connectivity index (χ1v) is 7.13. The number of nitrogens with zero attached hydrogens (tertiary/aromatic N) is 2. The van der Waals surface area contributed by atoms with Crippen LogP contribution in [0.2, 0.25) is 0 Å². The van der Waals surface area contributed by atoms with Crippen LogP contribution >= 0.6 is 0 Å². The van der Waals surface area contributed by atoms with Gasteiger partial charge in [-0.05, 0) is 37.1 Å². The number of rotatable bonds is 7. The normalized spacial score (nSPS) is 12.6. The smallest absolute Gasteiger partial charge is 0.123 e. The number of aromatic nitrogens is 2. The van der Waals surface area contributed by atoms with Crippen molar-refractivity contribution in [3.8, 4) is 0 Å². The van der Waals surface area contributed by atoms with Gasteiger partial charge in [-0.2, -0.15) is 0 Å². The summed E-state index contributed by atoms with van der Waals surface area (Å²) in [5, 5.41) is 3.55. The molecular formula is C16H22FN3. The van der Waals surface area contributed by atoms with Crippen LogP contribution in [-0.4, -0.2) is 22.1 Å². The number of hydrogen-bond acceptors (Lipinski definition) is 2. The van der Waals surface area contributed by atoms with E-state index in [1.807, 2.05) is 36.1 Å². The summed E-state index contributed by atoms with van der Waals surface area (Å²) >= 11 is 0. The maximum absolute atomic E-state index is 13.0. The average Bonchev–Trinajstić information content (AvgIpc) is 2.84. The molecule has 1 heterocycles. The van der Waals surface area contributed by atoms with Crippen LogP contribution in [0.5, 0.6) is 0 Å². The summed E-state index contributed by atoms with van der Waals surface area (Å²) in [6, 6.07) is 7.07. The van der Waals surface area contributed by atoms with Gasteiger partial charge in [-0.25, -0.2) is 9.37 Å². The lowest BCUT2D eigenvalue weighted by Gasteiger charge is -2.18. The Bertz CT molecular complexity index is 519. The van der Waals surface area contributed by atoms with E-state index in [-0.39, 0.29) is 5.82 Å². The van der Waals surface area contributed by atoms with Gasteiger partial charge in [0.15, 0.2) is 0 Å². The second-order valence-corrected chi connectivity index (χ2v) is 5.14. The standard InChI is InChI=1S/C16H22FN3/c1-3-8-18-15(12-16-19-9-10-20(16)2)11-13-4-6-14(17)7-5-13/h4-7,9-10,15,18H,3,8,11-12H2,1-2H3. The van der Waals surface area contributed by atoms with E-state index in [0.717, 1.165) is 37.2 Å². The first-order chi connectivity index (χ1) is 9.69. The van der Waals surface area contributed by atoms with E-state index in [0.29, 0.717) is 6.04 Å². The molecule has 0 bridgehead atoms. The highest BCUT2D eigenvalue weighted by Crippen LogP contribution is 2.09. The highest BCUT2D eigenvalue weighted by atomic mass is 19.1. The third kappa shape index (κ3) is 4.17. The molecule has 1 aromatic heterocycles. The first-order valence-electron chi connectivity index (χ1n) is 7.13. The molecule has 20 heavy (non-hydrogen) atoms. The van der Waals surface area contributed by atoms with Crippen molar-refractivity contribution < 1.29 is 4.39 Å². The number of hydrogen-bond donors (Lipinski definition) is 1. The van der Waals surface area contributed by atoms with Crippen molar-refractivity contribution >= 4 is 0 Å². The molecule has 1 N–H and O–H groups in total. The molecule has 0 radical (unpaired) electrons. The molecule has 1 unspecified atom stereocenters. The van der Waals surface area contributed by atoms with Gasteiger partial charge in [0, 0.05) is 31.9 Å². The average molecular weight is 275 g/mol. The molecule has 2 aromatic rings. The molecule has 0 aliphatic rings. The molecule has 4 heteroatoms. The molecular weight excluding hydrogens is 253 g/mol. The number of benzene rings is 1. The molecule has 108 valence electrons. The van der Waals surface area contributed by atoms with E-state index in [9.17, 15) is 4.39 Å². The Morgan fingerprint density at radius 2 is 2.00 bits per heavy atom. The third-order valence-electron chi connectivity index (χ3n) is 3.43. The van der Waals surface area contributed by atoms with Crippen LogP contribution in [0.25, 0.3) is 0 Å². The molecule has 0 saturated carbocycles. The van der Waals surface area contributed by atoms with Crippen LogP contribution in [0.15, 0.2) is 36.7 Å². The first kappa shape index (κ1) is 14.7. The molecule has 0 aliphatic heterocycles. The van der Waals surface area contributed by atoms with Crippen LogP contribution in [0, 0.1) is 5.82 Å². The van der Waals surface area contributed by atoms with Gasteiger partial charge < -0.3 is 9.88 Å². The van der Waals surface area contributed by atoms with Crippen molar-refractivity contribution in [3.05, 3.63) is 53.9 Å². The minimum absolute atomic E-state index is 0.184. The van der Waals surface area contributed by atoms with E-state index in [1.54, 1.807) is 0 Å². The van der Waals surface area contributed by atoms with Gasteiger partial charge in [0.25, 0.3) is 0 Å². The van der Waals surface area contributed by atoms with E-state index < -0.39 is 0 Å². The number of nitrogens with one attached hydrogen (secondary N) is 1. The van der Waals surface area contributed by atoms with Gasteiger partial charge in [0.1, 0.15) is 11.6 Å². The summed E-state index contributed by atoms with van der Waals surface area (Å²) in [6.45, 7) is 3.14. The summed E-state index contributed by atoms with van der Waals surface area (Å²) in [5.74, 6) is 0.886. The highest BCUT2D eigenvalue weighted by Gasteiger charge is 2.12. The van der Waals surface area contributed by atoms with Gasteiger partial charge in [-0.1, -0.05) is 19.1 Å². The Morgan fingerprint density at radius 3 is 2.60 bits per heavy atom. The molecule has 2 rings (SSSR count). The summed E-state index contributed by atoms with van der Waals surface area (Å²) in [7, 11) is 2.01. The lowest BCUT2D eigenvalue weighted by molar-refractivity contribution is 0.489. The zero-order valence-corrected chi connectivity index (χ0v) is 12.1. The molecule has 1 aromatic carbocycles. The lowest BCUT2D eigenvalue weighted by Crippen LogP contribution is -2.34. The van der Waals surface area contributed by atoms with Crippen molar-refractivity contribution in [3.63, 3.8) is 0 Å². The summed E-state index contributed by atoms with van der Waals surface area (Å²) in [4.78, 5) is 4.38. The predicted molar refractivity (Wildman–Crippen MR) is 79.1 cm³/mol. The monoisotopic (exact) mass is 275 g/mol. The third-order valence-corrected chi connectivity index (χ3v) is 3.43. The Kier molecular flexibility index (Phi) is 5.30. The van der Waals surface area contributed by atoms with E-state index in [2.05, 4.69) is 17.2 Å². The van der Waals surface area contributed by atoms with E-state index >= 15 is 0 Å². The lowest BCUT2D eigenvalue weighted by atomic mass is 10.0. The van der Waals surface area contributed by atoms with E-state index in [1.165, 1.54) is 12.1 Å². The minimum atomic E-state index is -0.184. The van der Waals surface area contributed by atoms with Crippen LogP contribution in [0.4, 0.5) is 4.39 Å². The number of halogens is 1. The van der Waals surface area contributed by atoms with Gasteiger partial charge in [0.05, 0.1) is 0 Å². The predicted octanol–water partition coefficient (Wildman–Crippen LogP) is 2.71. The Labute approximate surface area is 119 Å². The second-order valence-electron chi connectivity index (χ2n) is 5.14. The second kappa shape index (κ2) is 7.20. The number of imidazole rings is 1. The topological polar surface area (TPSA) is 29.9 Å². The molecule has 0 fully saturated rings. The van der Waals surface area contributed by atoms with Gasteiger partial charge >= 0.3 is 0 Å². The summed E-state index contributed by atoms with van der Waals surface area (Å²) in [6.07, 6.45) is 6.64. The van der Waals surface area contributed by atoms with Gasteiger partial charge in [0.2, 0.25) is 0 Å². The van der Waals surface area contributed by atoms with Gasteiger partial charge in [-0.3, -0.25) is 0 Å². The highest BCUT2D eigenvalue weighted by molar-refractivity contribution is 5.17. The van der Waals surface area contributed by atoms with Crippen LogP contribution < -0.4 is 5.32 Å². The zero-order chi connectivity index (χ0) is 14.4. The molecule has 0 aliphatic carbocycles. The van der Waals surface area contributed by atoms with Crippen molar-refractivity contribution in [2.75, 3.05) is 6.54 Å². The Balaban J connectivity index is 2.03. The Morgan fingerprint density at radius 1 is 1.25 bits per heavy atom. The summed E-state index contributed by atoms with van der Waals surface area (Å²) < 4.78 is 15.0. The van der Waals surface area contributed by atoms with Crippen molar-refractivity contribution in [2.24, 2.45) is 7.05 Å².